The second-order valence-electron chi connectivity index (χ2n) is 6.59. The highest BCUT2D eigenvalue weighted by Crippen LogP contribution is 2.31. The van der Waals surface area contributed by atoms with E-state index in [-0.39, 0.29) is 6.10 Å². The van der Waals surface area contributed by atoms with E-state index < -0.39 is 0 Å². The van der Waals surface area contributed by atoms with Crippen LogP contribution in [-0.4, -0.2) is 43.4 Å². The molecule has 0 radical (unpaired) electrons. The van der Waals surface area contributed by atoms with Crippen LogP contribution in [0.5, 0.6) is 11.5 Å². The number of para-hydroxylation sites is 1. The molecule has 1 N–H and O–H groups in total. The molecule has 0 aliphatic heterocycles. The number of ether oxygens (including phenoxy) is 2. The van der Waals surface area contributed by atoms with Crippen molar-refractivity contribution in [3.63, 3.8) is 0 Å². The van der Waals surface area contributed by atoms with Crippen molar-refractivity contribution in [2.75, 3.05) is 27.3 Å². The Bertz CT molecular complexity index is 488. The maximum Gasteiger partial charge on any atom is 0.165 e. The Morgan fingerprint density at radius 2 is 1.96 bits per heavy atom. The van der Waals surface area contributed by atoms with Crippen LogP contribution in [0.3, 0.4) is 0 Å². The fraction of sp³-hybridized carbons (Fsp3) is 0.600. The molecule has 0 aliphatic carbocycles. The molecule has 0 aromatic heterocycles. The summed E-state index contributed by atoms with van der Waals surface area (Å²) in [6.07, 6.45) is 4.19. The lowest BCUT2D eigenvalue weighted by atomic mass is 10.1. The van der Waals surface area contributed by atoms with Gasteiger partial charge in [-0.2, -0.15) is 0 Å². The number of aliphatic hydroxyl groups is 1. The van der Waals surface area contributed by atoms with Crippen LogP contribution in [0.4, 0.5) is 0 Å². The highest BCUT2D eigenvalue weighted by atomic mass is 16.5. The van der Waals surface area contributed by atoms with Crippen LogP contribution >= 0.6 is 0 Å². The number of hydrogen-bond donors (Lipinski definition) is 1. The summed E-state index contributed by atoms with van der Waals surface area (Å²) in [6, 6.07) is 5.94. The largest absolute Gasteiger partial charge is 0.493 e. The predicted octanol–water partition coefficient (Wildman–Crippen LogP) is 3.88. The molecule has 4 nitrogen and oxygen atoms in total. The smallest absolute Gasteiger partial charge is 0.165 e. The highest BCUT2D eigenvalue weighted by molar-refractivity contribution is 5.46. The second kappa shape index (κ2) is 11.1. The number of allylic oxidation sites excluding steroid dienone is 1. The van der Waals surface area contributed by atoms with Gasteiger partial charge in [-0.25, -0.2) is 0 Å². The summed E-state index contributed by atoms with van der Waals surface area (Å²) in [4.78, 5) is 2.30. The minimum atomic E-state index is -0.341. The van der Waals surface area contributed by atoms with Gasteiger partial charge >= 0.3 is 0 Å². The van der Waals surface area contributed by atoms with Gasteiger partial charge in [0, 0.05) is 18.7 Å². The van der Waals surface area contributed by atoms with Crippen LogP contribution in [0, 0.1) is 5.92 Å². The Morgan fingerprint density at radius 1 is 1.21 bits per heavy atom. The van der Waals surface area contributed by atoms with Crippen LogP contribution in [0.2, 0.25) is 0 Å². The first-order valence-electron chi connectivity index (χ1n) is 8.73. The van der Waals surface area contributed by atoms with Gasteiger partial charge in [0.15, 0.2) is 11.5 Å². The maximum absolute atomic E-state index is 10.3. The summed E-state index contributed by atoms with van der Waals surface area (Å²) in [5, 5.41) is 10.3. The third-order valence-corrected chi connectivity index (χ3v) is 4.07. The Kier molecular flexibility index (Phi) is 9.50. The van der Waals surface area contributed by atoms with Crippen molar-refractivity contribution in [1.82, 2.24) is 4.90 Å². The Labute approximate surface area is 147 Å². The SMILES string of the molecule is C=CCCC(O)CN(CCC(C)C)Cc1cccc(OC)c1OC. The van der Waals surface area contributed by atoms with E-state index in [1.165, 1.54) is 0 Å². The van der Waals surface area contributed by atoms with E-state index in [0.717, 1.165) is 49.4 Å². The number of nitrogens with zero attached hydrogens (tertiary/aromatic N) is 1. The van der Waals surface area contributed by atoms with E-state index in [9.17, 15) is 5.11 Å². The average Bonchev–Trinajstić information content (AvgIpc) is 2.57. The lowest BCUT2D eigenvalue weighted by Gasteiger charge is -2.27. The number of benzene rings is 1. The highest BCUT2D eigenvalue weighted by Gasteiger charge is 2.16. The number of hydrogen-bond acceptors (Lipinski definition) is 4. The summed E-state index contributed by atoms with van der Waals surface area (Å²) in [7, 11) is 3.32. The van der Waals surface area contributed by atoms with Gasteiger partial charge in [-0.3, -0.25) is 4.90 Å². The lowest BCUT2D eigenvalue weighted by molar-refractivity contribution is 0.0989. The molecular weight excluding hydrogens is 302 g/mol. The van der Waals surface area contributed by atoms with Gasteiger partial charge in [-0.05, 0) is 37.8 Å². The predicted molar refractivity (Wildman–Crippen MR) is 99.7 cm³/mol. The molecule has 1 aromatic rings. The van der Waals surface area contributed by atoms with Crippen LogP contribution in [0.1, 0.15) is 38.7 Å². The summed E-state index contributed by atoms with van der Waals surface area (Å²) in [5.41, 5.74) is 1.08. The maximum atomic E-state index is 10.3. The molecule has 24 heavy (non-hydrogen) atoms. The van der Waals surface area contributed by atoms with E-state index in [4.69, 9.17) is 9.47 Å². The van der Waals surface area contributed by atoms with Gasteiger partial charge in [0.25, 0.3) is 0 Å². The van der Waals surface area contributed by atoms with E-state index >= 15 is 0 Å². The van der Waals surface area contributed by atoms with Gasteiger partial charge in [0.1, 0.15) is 0 Å². The number of methoxy groups -OCH3 is 2. The standard InChI is InChI=1S/C20H33NO3/c1-6-7-10-18(22)15-21(13-12-16(2)3)14-17-9-8-11-19(23-4)20(17)24-5/h6,8-9,11,16,18,22H,1,7,10,12-15H2,2-5H3. The van der Waals surface area contributed by atoms with E-state index in [2.05, 4.69) is 31.4 Å². The molecule has 0 fully saturated rings. The molecule has 1 aromatic carbocycles. The van der Waals surface area contributed by atoms with Gasteiger partial charge in [0.2, 0.25) is 0 Å². The summed E-state index contributed by atoms with van der Waals surface area (Å²) >= 11 is 0. The van der Waals surface area contributed by atoms with E-state index in [0.29, 0.717) is 12.5 Å². The van der Waals surface area contributed by atoms with Crippen LogP contribution in [0.25, 0.3) is 0 Å². The Balaban J connectivity index is 2.85. The topological polar surface area (TPSA) is 41.9 Å². The molecule has 0 bridgehead atoms. The van der Waals surface area contributed by atoms with Crippen LogP contribution in [0.15, 0.2) is 30.9 Å². The summed E-state index contributed by atoms with van der Waals surface area (Å²) < 4.78 is 10.9. The van der Waals surface area contributed by atoms with E-state index in [1.807, 2.05) is 18.2 Å². The summed E-state index contributed by atoms with van der Waals surface area (Å²) in [6.45, 7) is 10.5. The van der Waals surface area contributed by atoms with E-state index in [1.54, 1.807) is 14.2 Å². The molecule has 0 saturated carbocycles. The molecule has 136 valence electrons. The summed E-state index contributed by atoms with van der Waals surface area (Å²) in [5.74, 6) is 2.14. The third-order valence-electron chi connectivity index (χ3n) is 4.07. The number of aliphatic hydroxyl groups excluding tert-OH is 1. The molecule has 0 saturated heterocycles. The molecule has 1 unspecified atom stereocenters. The van der Waals surface area contributed by atoms with Crippen molar-refractivity contribution in [2.24, 2.45) is 5.92 Å². The average molecular weight is 335 g/mol. The zero-order valence-electron chi connectivity index (χ0n) is 15.6. The minimum absolute atomic E-state index is 0.341. The second-order valence-corrected chi connectivity index (χ2v) is 6.59. The van der Waals surface area contributed by atoms with Crippen molar-refractivity contribution < 1.29 is 14.6 Å². The fourth-order valence-electron chi connectivity index (χ4n) is 2.69. The number of rotatable bonds is 12. The normalized spacial score (nSPS) is 12.5. The molecule has 0 heterocycles. The van der Waals surface area contributed by atoms with Crippen molar-refractivity contribution in [3.05, 3.63) is 36.4 Å². The molecule has 4 heteroatoms. The first-order valence-corrected chi connectivity index (χ1v) is 8.73. The molecule has 0 amide bonds. The quantitative estimate of drug-likeness (QED) is 0.589. The Hall–Kier alpha value is -1.52. The molecule has 1 rings (SSSR count). The van der Waals surface area contributed by atoms with Gasteiger partial charge in [-0.15, -0.1) is 6.58 Å². The Morgan fingerprint density at radius 3 is 2.54 bits per heavy atom. The van der Waals surface area contributed by atoms with Crippen molar-refractivity contribution in [1.29, 1.82) is 0 Å². The van der Waals surface area contributed by atoms with Crippen molar-refractivity contribution >= 4 is 0 Å². The third kappa shape index (κ3) is 6.93. The first-order chi connectivity index (χ1) is 11.5. The van der Waals surface area contributed by atoms with Gasteiger partial charge < -0.3 is 14.6 Å². The van der Waals surface area contributed by atoms with Crippen LogP contribution < -0.4 is 9.47 Å². The van der Waals surface area contributed by atoms with Crippen LogP contribution in [-0.2, 0) is 6.54 Å². The van der Waals surface area contributed by atoms with Gasteiger partial charge in [0.05, 0.1) is 20.3 Å². The molecular formula is C20H33NO3. The molecule has 1 atom stereocenters. The molecule has 0 aliphatic rings. The molecule has 0 spiro atoms. The monoisotopic (exact) mass is 335 g/mol. The van der Waals surface area contributed by atoms with Crippen molar-refractivity contribution in [2.45, 2.75) is 45.8 Å². The van der Waals surface area contributed by atoms with Crippen molar-refractivity contribution in [3.8, 4) is 11.5 Å². The lowest BCUT2D eigenvalue weighted by Crippen LogP contribution is -2.33. The zero-order valence-corrected chi connectivity index (χ0v) is 15.6. The minimum Gasteiger partial charge on any atom is -0.493 e. The zero-order chi connectivity index (χ0) is 17.9. The first kappa shape index (κ1) is 20.5. The fourth-order valence-corrected chi connectivity index (χ4v) is 2.69. The van der Waals surface area contributed by atoms with Gasteiger partial charge in [-0.1, -0.05) is 32.1 Å².